The van der Waals surface area contributed by atoms with Crippen molar-refractivity contribution in [2.24, 2.45) is 11.8 Å². The average Bonchev–Trinajstić information content (AvgIpc) is 2.36. The van der Waals surface area contributed by atoms with E-state index in [1.54, 1.807) is 0 Å². The summed E-state index contributed by atoms with van der Waals surface area (Å²) < 4.78 is 0. The number of nitrogens with zero attached hydrogens (tertiary/aromatic N) is 1. The van der Waals surface area contributed by atoms with Crippen molar-refractivity contribution in [3.63, 3.8) is 0 Å². The van der Waals surface area contributed by atoms with Crippen LogP contribution < -0.4 is 0 Å². The molecule has 0 aliphatic heterocycles. The Labute approximate surface area is 112 Å². The molecule has 0 bridgehead atoms. The Morgan fingerprint density at radius 1 is 1.29 bits per heavy atom. The molecule has 2 nitrogen and oxygen atoms in total. The highest BCUT2D eigenvalue weighted by Gasteiger charge is 2.29. The minimum absolute atomic E-state index is 0.149. The molecular weight excluding hydrogens is 230 g/mol. The fourth-order valence-corrected chi connectivity index (χ4v) is 2.80. The summed E-state index contributed by atoms with van der Waals surface area (Å²) >= 11 is 4.42. The van der Waals surface area contributed by atoms with Gasteiger partial charge in [0.05, 0.1) is 5.25 Å². The van der Waals surface area contributed by atoms with Crippen molar-refractivity contribution in [2.75, 3.05) is 7.05 Å². The molecule has 0 N–H and O–H groups in total. The van der Waals surface area contributed by atoms with Crippen LogP contribution in [0.5, 0.6) is 0 Å². The number of carbonyl (C=O) groups excluding carboxylic acids is 1. The largest absolute Gasteiger partial charge is 0.342 e. The highest BCUT2D eigenvalue weighted by Crippen LogP contribution is 2.29. The summed E-state index contributed by atoms with van der Waals surface area (Å²) in [5.41, 5.74) is 0. The van der Waals surface area contributed by atoms with Crippen molar-refractivity contribution in [3.05, 3.63) is 0 Å². The van der Waals surface area contributed by atoms with E-state index in [1.165, 1.54) is 32.1 Å². The Kier molecular flexibility index (Phi) is 5.84. The molecule has 1 amide bonds. The molecule has 1 atom stereocenters. The molecule has 0 heterocycles. The second-order valence-electron chi connectivity index (χ2n) is 5.72. The molecule has 3 heteroatoms. The average molecular weight is 257 g/mol. The van der Waals surface area contributed by atoms with Crippen LogP contribution in [0.4, 0.5) is 0 Å². The monoisotopic (exact) mass is 257 g/mol. The van der Waals surface area contributed by atoms with Crippen molar-refractivity contribution in [2.45, 2.75) is 64.2 Å². The first-order valence-corrected chi connectivity index (χ1v) is 7.43. The smallest absolute Gasteiger partial charge is 0.235 e. The molecule has 1 aliphatic carbocycles. The number of hydrogen-bond donors (Lipinski definition) is 1. The lowest BCUT2D eigenvalue weighted by Crippen LogP contribution is -2.44. The number of carbonyl (C=O) groups is 1. The standard InChI is InChI=1S/C14H27NOS/c1-5-11-6-8-12(9-7-11)15(4)14(16)13(17)10(2)3/h10-13,17H,5-9H2,1-4H3. The second kappa shape index (κ2) is 6.67. The second-order valence-corrected chi connectivity index (χ2v) is 6.28. The molecule has 100 valence electrons. The molecule has 1 unspecified atom stereocenters. The van der Waals surface area contributed by atoms with Gasteiger partial charge in [0.15, 0.2) is 0 Å². The van der Waals surface area contributed by atoms with Crippen molar-refractivity contribution in [1.29, 1.82) is 0 Å². The molecule has 0 aromatic carbocycles. The zero-order valence-corrected chi connectivity index (χ0v) is 12.5. The molecule has 1 fully saturated rings. The maximum Gasteiger partial charge on any atom is 0.235 e. The Balaban J connectivity index is 2.48. The van der Waals surface area contributed by atoms with Gasteiger partial charge in [0.2, 0.25) is 5.91 Å². The van der Waals surface area contributed by atoms with Crippen LogP contribution >= 0.6 is 12.6 Å². The molecule has 0 radical (unpaired) electrons. The van der Waals surface area contributed by atoms with E-state index in [4.69, 9.17) is 0 Å². The molecule has 17 heavy (non-hydrogen) atoms. The van der Waals surface area contributed by atoms with E-state index in [9.17, 15) is 4.79 Å². The van der Waals surface area contributed by atoms with Gasteiger partial charge in [-0.05, 0) is 37.5 Å². The fraction of sp³-hybridized carbons (Fsp3) is 0.929. The summed E-state index contributed by atoms with van der Waals surface area (Å²) in [6.07, 6.45) is 6.17. The third-order valence-electron chi connectivity index (χ3n) is 4.17. The van der Waals surface area contributed by atoms with Crippen molar-refractivity contribution >= 4 is 18.5 Å². The fourth-order valence-electron chi connectivity index (χ4n) is 2.61. The normalized spacial score (nSPS) is 26.9. The molecule has 0 aromatic heterocycles. The van der Waals surface area contributed by atoms with Crippen LogP contribution in [0.25, 0.3) is 0 Å². The number of amides is 1. The summed E-state index contributed by atoms with van der Waals surface area (Å²) in [5.74, 6) is 1.38. The van der Waals surface area contributed by atoms with Gasteiger partial charge in [-0.3, -0.25) is 4.79 Å². The van der Waals surface area contributed by atoms with Crippen LogP contribution in [0, 0.1) is 11.8 Å². The van der Waals surface area contributed by atoms with Crippen LogP contribution in [-0.4, -0.2) is 29.1 Å². The van der Waals surface area contributed by atoms with Gasteiger partial charge in [-0.1, -0.05) is 27.2 Å². The maximum atomic E-state index is 12.2. The lowest BCUT2D eigenvalue weighted by molar-refractivity contribution is -0.132. The van der Waals surface area contributed by atoms with Gasteiger partial charge in [-0.25, -0.2) is 0 Å². The van der Waals surface area contributed by atoms with Crippen molar-refractivity contribution in [3.8, 4) is 0 Å². The lowest BCUT2D eigenvalue weighted by atomic mass is 9.84. The summed E-state index contributed by atoms with van der Waals surface area (Å²) in [5, 5.41) is -0.149. The Hall–Kier alpha value is -0.180. The summed E-state index contributed by atoms with van der Waals surface area (Å²) in [6.45, 7) is 6.37. The lowest BCUT2D eigenvalue weighted by Gasteiger charge is -2.36. The van der Waals surface area contributed by atoms with Gasteiger partial charge in [0.25, 0.3) is 0 Å². The van der Waals surface area contributed by atoms with E-state index in [2.05, 4.69) is 33.4 Å². The van der Waals surface area contributed by atoms with Crippen LogP contribution in [0.3, 0.4) is 0 Å². The first-order chi connectivity index (χ1) is 7.97. The molecule has 1 saturated carbocycles. The maximum absolute atomic E-state index is 12.2. The highest BCUT2D eigenvalue weighted by atomic mass is 32.1. The van der Waals surface area contributed by atoms with Gasteiger partial charge in [0.1, 0.15) is 0 Å². The van der Waals surface area contributed by atoms with E-state index < -0.39 is 0 Å². The van der Waals surface area contributed by atoms with Crippen LogP contribution in [0.1, 0.15) is 52.9 Å². The molecule has 1 aliphatic rings. The van der Waals surface area contributed by atoms with Crippen molar-refractivity contribution in [1.82, 2.24) is 4.90 Å². The minimum Gasteiger partial charge on any atom is -0.342 e. The predicted octanol–water partition coefficient (Wildman–Crippen LogP) is 3.37. The summed E-state index contributed by atoms with van der Waals surface area (Å²) in [6, 6.07) is 0.443. The first kappa shape index (κ1) is 14.9. The topological polar surface area (TPSA) is 20.3 Å². The molecule has 0 aromatic rings. The Morgan fingerprint density at radius 3 is 2.24 bits per heavy atom. The SMILES string of the molecule is CCC1CCC(N(C)C(=O)C(S)C(C)C)CC1. The quantitative estimate of drug-likeness (QED) is 0.766. The van der Waals surface area contributed by atoms with Gasteiger partial charge in [0, 0.05) is 13.1 Å². The van der Waals surface area contributed by atoms with Crippen LogP contribution in [-0.2, 0) is 4.79 Å². The first-order valence-electron chi connectivity index (χ1n) is 6.92. The molecular formula is C14H27NOS. The zero-order valence-electron chi connectivity index (χ0n) is 11.6. The third kappa shape index (κ3) is 3.90. The Bertz CT molecular complexity index is 247. The van der Waals surface area contributed by atoms with E-state index in [1.807, 2.05) is 11.9 Å². The molecule has 0 spiro atoms. The highest BCUT2D eigenvalue weighted by molar-refractivity contribution is 7.81. The van der Waals surface area contributed by atoms with Gasteiger partial charge in [-0.2, -0.15) is 12.6 Å². The number of thiol groups is 1. The van der Waals surface area contributed by atoms with Crippen LogP contribution in [0.15, 0.2) is 0 Å². The Morgan fingerprint density at radius 2 is 1.82 bits per heavy atom. The van der Waals surface area contributed by atoms with Gasteiger partial charge in [-0.15, -0.1) is 0 Å². The van der Waals surface area contributed by atoms with E-state index in [-0.39, 0.29) is 11.2 Å². The minimum atomic E-state index is -0.149. The molecule has 0 saturated heterocycles. The van der Waals surface area contributed by atoms with Gasteiger partial charge < -0.3 is 4.90 Å². The number of rotatable bonds is 4. The van der Waals surface area contributed by atoms with Crippen LogP contribution in [0.2, 0.25) is 0 Å². The van der Waals surface area contributed by atoms with E-state index in [0.29, 0.717) is 12.0 Å². The summed E-state index contributed by atoms with van der Waals surface area (Å²) in [7, 11) is 1.95. The van der Waals surface area contributed by atoms with Gasteiger partial charge >= 0.3 is 0 Å². The third-order valence-corrected chi connectivity index (χ3v) is 4.99. The predicted molar refractivity (Wildman–Crippen MR) is 76.4 cm³/mol. The zero-order chi connectivity index (χ0) is 13.0. The number of hydrogen-bond acceptors (Lipinski definition) is 2. The molecule has 1 rings (SSSR count). The van der Waals surface area contributed by atoms with E-state index in [0.717, 1.165) is 5.92 Å². The van der Waals surface area contributed by atoms with E-state index >= 15 is 0 Å². The van der Waals surface area contributed by atoms with Crippen molar-refractivity contribution < 1.29 is 4.79 Å². The summed E-state index contributed by atoms with van der Waals surface area (Å²) in [4.78, 5) is 14.1.